The van der Waals surface area contributed by atoms with Crippen LogP contribution in [0.5, 0.6) is 0 Å². The number of hydrogen-bond donors (Lipinski definition) is 2. The first-order valence-electron chi connectivity index (χ1n) is 7.98. The molecule has 24 heavy (non-hydrogen) atoms. The summed E-state index contributed by atoms with van der Waals surface area (Å²) in [6.45, 7) is 5.63. The number of amides is 1. The first-order valence-corrected chi connectivity index (χ1v) is 7.98. The number of pyridine rings is 1. The highest BCUT2D eigenvalue weighted by atomic mass is 16.2. The normalized spacial score (nSPS) is 13.2. The van der Waals surface area contributed by atoms with Gasteiger partial charge in [0.05, 0.1) is 16.6 Å². The topological polar surface area (TPSA) is 88.9 Å². The summed E-state index contributed by atoms with van der Waals surface area (Å²) in [7, 11) is 1.58. The highest BCUT2D eigenvalue weighted by molar-refractivity contribution is 6.02. The van der Waals surface area contributed by atoms with Crippen molar-refractivity contribution in [1.82, 2.24) is 14.5 Å². The molecule has 0 unspecified atom stereocenters. The Bertz CT molecular complexity index is 941. The largest absolute Gasteiger partial charge is 0.295 e. The average Bonchev–Trinajstić information content (AvgIpc) is 2.88. The molecule has 0 saturated carbocycles. The third-order valence-electron chi connectivity index (χ3n) is 3.73. The molecule has 0 fully saturated rings. The molecule has 1 aliphatic carbocycles. The number of aromatic nitrogens is 3. The SMILES string of the molecule is CC.Cc1c2c(=O)n(C)[nH]c2cc(=O)n1NC(=O)C1=CCCC=C1. The Morgan fingerprint density at radius 3 is 2.58 bits per heavy atom. The standard InChI is InChI=1S/C15H16N4O3.C2H6/c1-9-13-11(16-18(2)15(13)22)8-12(20)19(9)17-14(21)10-6-4-3-5-7-10;1-2/h4,6-8,16H,3,5H2,1-2H3,(H,17,21);1-2H3. The average molecular weight is 330 g/mol. The Balaban J connectivity index is 0.00000100. The zero-order chi connectivity index (χ0) is 17.9. The van der Waals surface area contributed by atoms with E-state index in [9.17, 15) is 14.4 Å². The second-order valence-corrected chi connectivity index (χ2v) is 5.25. The molecule has 7 heteroatoms. The Labute approximate surface area is 139 Å². The summed E-state index contributed by atoms with van der Waals surface area (Å²) in [6.07, 6.45) is 7.16. The van der Waals surface area contributed by atoms with Crippen molar-refractivity contribution < 1.29 is 4.79 Å². The van der Waals surface area contributed by atoms with Crippen LogP contribution in [0.3, 0.4) is 0 Å². The van der Waals surface area contributed by atoms with E-state index >= 15 is 0 Å². The number of carbonyl (C=O) groups excluding carboxylic acids is 1. The van der Waals surface area contributed by atoms with E-state index in [0.717, 1.165) is 17.5 Å². The van der Waals surface area contributed by atoms with Crippen molar-refractivity contribution in [2.75, 3.05) is 5.43 Å². The predicted octanol–water partition coefficient (Wildman–Crippen LogP) is 1.71. The van der Waals surface area contributed by atoms with Gasteiger partial charge in [-0.15, -0.1) is 0 Å². The molecule has 1 aliphatic rings. The summed E-state index contributed by atoms with van der Waals surface area (Å²) in [5.74, 6) is -0.368. The monoisotopic (exact) mass is 330 g/mol. The van der Waals surface area contributed by atoms with Gasteiger partial charge in [-0.2, -0.15) is 0 Å². The van der Waals surface area contributed by atoms with Gasteiger partial charge in [0, 0.05) is 18.7 Å². The van der Waals surface area contributed by atoms with Crippen LogP contribution in [0.4, 0.5) is 0 Å². The van der Waals surface area contributed by atoms with Gasteiger partial charge >= 0.3 is 0 Å². The molecule has 3 rings (SSSR count). The molecule has 2 aromatic rings. The molecule has 0 aromatic carbocycles. The minimum atomic E-state index is -0.402. The maximum absolute atomic E-state index is 12.2. The first-order chi connectivity index (χ1) is 11.5. The van der Waals surface area contributed by atoms with Crippen molar-refractivity contribution in [2.45, 2.75) is 33.6 Å². The number of rotatable bonds is 2. The lowest BCUT2D eigenvalue weighted by Crippen LogP contribution is -2.35. The van der Waals surface area contributed by atoms with Crippen molar-refractivity contribution in [3.05, 3.63) is 56.3 Å². The number of fused-ring (bicyclic) bond motifs is 1. The zero-order valence-electron chi connectivity index (χ0n) is 14.3. The van der Waals surface area contributed by atoms with E-state index in [0.29, 0.717) is 22.2 Å². The molecular formula is C17H22N4O3. The lowest BCUT2D eigenvalue weighted by molar-refractivity contribution is -0.113. The van der Waals surface area contributed by atoms with Crippen molar-refractivity contribution in [2.24, 2.45) is 7.05 Å². The number of hydrogen-bond acceptors (Lipinski definition) is 3. The van der Waals surface area contributed by atoms with Crippen LogP contribution in [0.2, 0.25) is 0 Å². The Hall–Kier alpha value is -2.83. The van der Waals surface area contributed by atoms with Crippen LogP contribution >= 0.6 is 0 Å². The zero-order valence-corrected chi connectivity index (χ0v) is 14.3. The summed E-state index contributed by atoms with van der Waals surface area (Å²) in [6, 6.07) is 1.30. The van der Waals surface area contributed by atoms with Crippen LogP contribution in [0, 0.1) is 6.92 Å². The van der Waals surface area contributed by atoms with Crippen LogP contribution in [-0.4, -0.2) is 20.4 Å². The third kappa shape index (κ3) is 3.10. The number of nitrogens with one attached hydrogen (secondary N) is 2. The number of nitrogens with zero attached hydrogens (tertiary/aromatic N) is 2. The van der Waals surface area contributed by atoms with E-state index in [-0.39, 0.29) is 11.5 Å². The minimum Gasteiger partial charge on any atom is -0.295 e. The Morgan fingerprint density at radius 2 is 1.96 bits per heavy atom. The third-order valence-corrected chi connectivity index (χ3v) is 3.73. The number of aryl methyl sites for hydroxylation is 2. The van der Waals surface area contributed by atoms with E-state index in [2.05, 4.69) is 10.5 Å². The Morgan fingerprint density at radius 1 is 1.25 bits per heavy atom. The van der Waals surface area contributed by atoms with E-state index in [1.54, 1.807) is 20.0 Å². The van der Waals surface area contributed by atoms with Gasteiger partial charge in [0.1, 0.15) is 0 Å². The Kier molecular flexibility index (Phi) is 5.23. The lowest BCUT2D eigenvalue weighted by atomic mass is 10.1. The number of aromatic amines is 1. The summed E-state index contributed by atoms with van der Waals surface area (Å²) >= 11 is 0. The summed E-state index contributed by atoms with van der Waals surface area (Å²) in [4.78, 5) is 36.5. The van der Waals surface area contributed by atoms with Gasteiger partial charge in [0.25, 0.3) is 17.0 Å². The fraction of sp³-hybridized carbons (Fsp3) is 0.353. The molecule has 1 amide bonds. The molecule has 128 valence electrons. The van der Waals surface area contributed by atoms with Gasteiger partial charge in [-0.05, 0) is 19.8 Å². The van der Waals surface area contributed by atoms with Crippen molar-refractivity contribution in [3.63, 3.8) is 0 Å². The summed E-state index contributed by atoms with van der Waals surface area (Å²) in [5, 5.41) is 3.19. The summed E-state index contributed by atoms with van der Waals surface area (Å²) < 4.78 is 2.42. The van der Waals surface area contributed by atoms with Gasteiger partial charge in [0.2, 0.25) is 0 Å². The van der Waals surface area contributed by atoms with Crippen LogP contribution < -0.4 is 16.5 Å². The number of allylic oxidation sites excluding steroid dienone is 2. The van der Waals surface area contributed by atoms with Gasteiger partial charge in [-0.3, -0.25) is 29.6 Å². The number of H-pyrrole nitrogens is 1. The highest BCUT2D eigenvalue weighted by Gasteiger charge is 2.15. The molecule has 0 spiro atoms. The fourth-order valence-corrected chi connectivity index (χ4v) is 2.58. The summed E-state index contributed by atoms with van der Waals surface area (Å²) in [5.41, 5.74) is 3.29. The number of carbonyl (C=O) groups is 1. The van der Waals surface area contributed by atoms with Gasteiger partial charge in [0.15, 0.2) is 0 Å². The van der Waals surface area contributed by atoms with E-state index in [4.69, 9.17) is 0 Å². The molecule has 0 aliphatic heterocycles. The molecule has 7 nitrogen and oxygen atoms in total. The fourth-order valence-electron chi connectivity index (χ4n) is 2.58. The second kappa shape index (κ2) is 7.16. The molecule has 0 bridgehead atoms. The lowest BCUT2D eigenvalue weighted by Gasteiger charge is -2.13. The van der Waals surface area contributed by atoms with E-state index < -0.39 is 5.56 Å². The van der Waals surface area contributed by atoms with E-state index in [1.807, 2.05) is 26.0 Å². The molecule has 0 saturated heterocycles. The molecular weight excluding hydrogens is 308 g/mol. The van der Waals surface area contributed by atoms with Crippen LogP contribution in [0.25, 0.3) is 10.9 Å². The van der Waals surface area contributed by atoms with E-state index in [1.165, 1.54) is 10.7 Å². The van der Waals surface area contributed by atoms with Gasteiger partial charge in [-0.1, -0.05) is 32.1 Å². The molecule has 2 N–H and O–H groups in total. The maximum Gasteiger partial charge on any atom is 0.275 e. The minimum absolute atomic E-state index is 0.243. The molecule has 0 atom stereocenters. The first kappa shape index (κ1) is 17.5. The van der Waals surface area contributed by atoms with Gasteiger partial charge in [-0.25, -0.2) is 4.68 Å². The van der Waals surface area contributed by atoms with Crippen molar-refractivity contribution in [1.29, 1.82) is 0 Å². The van der Waals surface area contributed by atoms with Crippen LogP contribution in [0.15, 0.2) is 39.5 Å². The maximum atomic E-state index is 12.2. The molecule has 2 aromatic heterocycles. The molecule has 2 heterocycles. The van der Waals surface area contributed by atoms with Gasteiger partial charge < -0.3 is 0 Å². The van der Waals surface area contributed by atoms with Crippen LogP contribution in [-0.2, 0) is 11.8 Å². The van der Waals surface area contributed by atoms with Crippen molar-refractivity contribution >= 4 is 16.8 Å². The highest BCUT2D eigenvalue weighted by Crippen LogP contribution is 2.12. The van der Waals surface area contributed by atoms with Crippen LogP contribution in [0.1, 0.15) is 32.4 Å². The second-order valence-electron chi connectivity index (χ2n) is 5.25. The smallest absolute Gasteiger partial charge is 0.275 e. The predicted molar refractivity (Wildman–Crippen MR) is 94.7 cm³/mol. The van der Waals surface area contributed by atoms with Crippen molar-refractivity contribution in [3.8, 4) is 0 Å². The molecule has 0 radical (unpaired) electrons. The quantitative estimate of drug-likeness (QED) is 0.878.